The van der Waals surface area contributed by atoms with E-state index >= 15 is 0 Å². The molecule has 1 aliphatic heterocycles. The lowest BCUT2D eigenvalue weighted by atomic mass is 10.0. The van der Waals surface area contributed by atoms with Crippen molar-refractivity contribution in [1.82, 2.24) is 5.32 Å². The summed E-state index contributed by atoms with van der Waals surface area (Å²) in [5, 5.41) is 3.09. The number of piperidine rings is 1. The lowest BCUT2D eigenvalue weighted by Crippen LogP contribution is -2.48. The molecule has 0 saturated carbocycles. The van der Waals surface area contributed by atoms with Crippen molar-refractivity contribution in [2.24, 2.45) is 5.73 Å². The van der Waals surface area contributed by atoms with Crippen LogP contribution in [0, 0.1) is 0 Å². The number of ether oxygens (including phenoxy) is 1. The number of anilines is 1. The van der Waals surface area contributed by atoms with E-state index in [-0.39, 0.29) is 18.0 Å². The predicted molar refractivity (Wildman–Crippen MR) is 84.6 cm³/mol. The molecule has 1 aromatic carbocycles. The minimum Gasteiger partial charge on any atom is -0.497 e. The van der Waals surface area contributed by atoms with Crippen LogP contribution >= 0.6 is 0 Å². The summed E-state index contributed by atoms with van der Waals surface area (Å²) in [6, 6.07) is 8.14. The third-order valence-corrected chi connectivity index (χ3v) is 3.71. The van der Waals surface area contributed by atoms with Gasteiger partial charge in [0.25, 0.3) is 0 Å². The second-order valence-electron chi connectivity index (χ2n) is 5.74. The molecule has 2 atom stereocenters. The Bertz CT molecular complexity index is 476. The van der Waals surface area contributed by atoms with E-state index < -0.39 is 0 Å². The summed E-state index contributed by atoms with van der Waals surface area (Å²) in [6.45, 7) is 3.69. The van der Waals surface area contributed by atoms with Crippen LogP contribution in [0.1, 0.15) is 26.2 Å². The summed E-state index contributed by atoms with van der Waals surface area (Å²) in [5.74, 6) is 0.901. The number of carbonyl (C=O) groups is 1. The number of rotatable bonds is 5. The van der Waals surface area contributed by atoms with E-state index in [4.69, 9.17) is 10.5 Å². The van der Waals surface area contributed by atoms with E-state index in [0.29, 0.717) is 6.42 Å². The zero-order valence-corrected chi connectivity index (χ0v) is 12.8. The number of nitrogens with two attached hydrogens (primary N) is 1. The molecule has 2 unspecified atom stereocenters. The van der Waals surface area contributed by atoms with Gasteiger partial charge in [-0.2, -0.15) is 0 Å². The summed E-state index contributed by atoms with van der Waals surface area (Å²) in [5.41, 5.74) is 6.80. The molecule has 1 amide bonds. The highest BCUT2D eigenvalue weighted by Gasteiger charge is 2.22. The summed E-state index contributed by atoms with van der Waals surface area (Å²) in [4.78, 5) is 14.1. The van der Waals surface area contributed by atoms with Crippen LogP contribution in [0.15, 0.2) is 24.3 Å². The Hall–Kier alpha value is -1.75. The van der Waals surface area contributed by atoms with Crippen LogP contribution in [0.2, 0.25) is 0 Å². The fourth-order valence-electron chi connectivity index (χ4n) is 2.72. The maximum atomic E-state index is 11.8. The number of nitrogens with one attached hydrogen (secondary N) is 1. The van der Waals surface area contributed by atoms with Crippen LogP contribution in [-0.4, -0.2) is 38.2 Å². The largest absolute Gasteiger partial charge is 0.497 e. The predicted octanol–water partition coefficient (Wildman–Crippen LogP) is 1.52. The average molecular weight is 291 g/mol. The van der Waals surface area contributed by atoms with Gasteiger partial charge < -0.3 is 20.7 Å². The Kier molecular flexibility index (Phi) is 5.44. The zero-order valence-electron chi connectivity index (χ0n) is 12.8. The SMILES string of the molecule is COc1cccc(N2CCCC(NC(=O)CC(C)N)C2)c1. The first-order chi connectivity index (χ1) is 10.1. The van der Waals surface area contributed by atoms with Crippen LogP contribution in [0.25, 0.3) is 0 Å². The van der Waals surface area contributed by atoms with Crippen LogP contribution in [-0.2, 0) is 4.79 Å². The third-order valence-electron chi connectivity index (χ3n) is 3.71. The van der Waals surface area contributed by atoms with Gasteiger partial charge in [0.2, 0.25) is 5.91 Å². The number of nitrogens with zero attached hydrogens (tertiary/aromatic N) is 1. The second kappa shape index (κ2) is 7.31. The van der Waals surface area contributed by atoms with E-state index in [0.717, 1.165) is 37.4 Å². The Morgan fingerprint density at radius 3 is 3.10 bits per heavy atom. The summed E-state index contributed by atoms with van der Waals surface area (Å²) in [6.07, 6.45) is 2.47. The molecular weight excluding hydrogens is 266 g/mol. The molecule has 1 heterocycles. The lowest BCUT2D eigenvalue weighted by Gasteiger charge is -2.35. The first-order valence-electron chi connectivity index (χ1n) is 7.52. The third kappa shape index (κ3) is 4.63. The standard InChI is InChI=1S/C16H25N3O2/c1-12(17)9-16(20)18-13-5-4-8-19(11-13)14-6-3-7-15(10-14)21-2/h3,6-7,10,12-13H,4-5,8-9,11,17H2,1-2H3,(H,18,20). The number of hydrogen-bond donors (Lipinski definition) is 2. The molecule has 0 bridgehead atoms. The molecule has 1 fully saturated rings. The van der Waals surface area contributed by atoms with Crippen molar-refractivity contribution in [2.75, 3.05) is 25.1 Å². The van der Waals surface area contributed by atoms with Crippen molar-refractivity contribution in [3.8, 4) is 5.75 Å². The summed E-state index contributed by atoms with van der Waals surface area (Å²) >= 11 is 0. The smallest absolute Gasteiger partial charge is 0.221 e. The molecule has 116 valence electrons. The maximum absolute atomic E-state index is 11.8. The monoisotopic (exact) mass is 291 g/mol. The normalized spacial score (nSPS) is 20.0. The van der Waals surface area contributed by atoms with Crippen molar-refractivity contribution < 1.29 is 9.53 Å². The maximum Gasteiger partial charge on any atom is 0.221 e. The Balaban J connectivity index is 1.95. The molecule has 0 aliphatic carbocycles. The molecule has 3 N–H and O–H groups in total. The molecule has 0 aromatic heterocycles. The van der Waals surface area contributed by atoms with Crippen molar-refractivity contribution in [3.63, 3.8) is 0 Å². The highest BCUT2D eigenvalue weighted by atomic mass is 16.5. The number of hydrogen-bond acceptors (Lipinski definition) is 4. The number of carbonyl (C=O) groups excluding carboxylic acids is 1. The fourth-order valence-corrected chi connectivity index (χ4v) is 2.72. The Morgan fingerprint density at radius 1 is 1.57 bits per heavy atom. The molecule has 5 nitrogen and oxygen atoms in total. The van der Waals surface area contributed by atoms with Crippen molar-refractivity contribution in [2.45, 2.75) is 38.3 Å². The second-order valence-corrected chi connectivity index (χ2v) is 5.74. The zero-order chi connectivity index (χ0) is 15.2. The molecule has 21 heavy (non-hydrogen) atoms. The van der Waals surface area contributed by atoms with Crippen LogP contribution in [0.3, 0.4) is 0 Å². The van der Waals surface area contributed by atoms with E-state index in [1.54, 1.807) is 7.11 Å². The molecule has 2 rings (SSSR count). The van der Waals surface area contributed by atoms with Crippen molar-refractivity contribution in [1.29, 1.82) is 0 Å². The number of methoxy groups -OCH3 is 1. The average Bonchev–Trinajstić information content (AvgIpc) is 2.46. The van der Waals surface area contributed by atoms with Crippen LogP contribution in [0.4, 0.5) is 5.69 Å². The van der Waals surface area contributed by atoms with Crippen LogP contribution < -0.4 is 20.7 Å². The van der Waals surface area contributed by atoms with Gasteiger partial charge >= 0.3 is 0 Å². The van der Waals surface area contributed by atoms with Gasteiger partial charge in [0.15, 0.2) is 0 Å². The van der Waals surface area contributed by atoms with Gasteiger partial charge in [-0.3, -0.25) is 4.79 Å². The molecule has 0 radical (unpaired) electrons. The molecule has 1 saturated heterocycles. The number of benzene rings is 1. The first kappa shape index (κ1) is 15.6. The highest BCUT2D eigenvalue weighted by molar-refractivity contribution is 5.77. The van der Waals surface area contributed by atoms with E-state index in [1.165, 1.54) is 0 Å². The van der Waals surface area contributed by atoms with Gasteiger partial charge in [-0.05, 0) is 31.9 Å². The minimum absolute atomic E-state index is 0.0440. The summed E-state index contributed by atoms with van der Waals surface area (Å²) < 4.78 is 5.27. The molecule has 5 heteroatoms. The lowest BCUT2D eigenvalue weighted by molar-refractivity contribution is -0.122. The van der Waals surface area contributed by atoms with E-state index in [1.807, 2.05) is 25.1 Å². The van der Waals surface area contributed by atoms with Gasteiger partial charge in [0.05, 0.1) is 7.11 Å². The Morgan fingerprint density at radius 2 is 2.38 bits per heavy atom. The summed E-state index contributed by atoms with van der Waals surface area (Å²) in [7, 11) is 1.67. The van der Waals surface area contributed by atoms with Crippen molar-refractivity contribution >= 4 is 11.6 Å². The highest BCUT2D eigenvalue weighted by Crippen LogP contribution is 2.24. The quantitative estimate of drug-likeness (QED) is 0.863. The minimum atomic E-state index is -0.0944. The van der Waals surface area contributed by atoms with E-state index in [9.17, 15) is 4.79 Å². The number of amides is 1. The topological polar surface area (TPSA) is 67.6 Å². The van der Waals surface area contributed by atoms with Gasteiger partial charge in [-0.25, -0.2) is 0 Å². The molecule has 1 aromatic rings. The fraction of sp³-hybridized carbons (Fsp3) is 0.562. The Labute approximate surface area is 126 Å². The molecule has 0 spiro atoms. The van der Waals surface area contributed by atoms with Crippen molar-refractivity contribution in [3.05, 3.63) is 24.3 Å². The van der Waals surface area contributed by atoms with Crippen LogP contribution in [0.5, 0.6) is 5.75 Å². The van der Waals surface area contributed by atoms with Gasteiger partial charge in [0.1, 0.15) is 5.75 Å². The van der Waals surface area contributed by atoms with E-state index in [2.05, 4.69) is 16.3 Å². The van der Waals surface area contributed by atoms with Gasteiger partial charge in [0, 0.05) is 43.3 Å². The molecular formula is C16H25N3O2. The van der Waals surface area contributed by atoms with Gasteiger partial charge in [-0.1, -0.05) is 6.07 Å². The van der Waals surface area contributed by atoms with Gasteiger partial charge in [-0.15, -0.1) is 0 Å². The first-order valence-corrected chi connectivity index (χ1v) is 7.52. The molecule has 1 aliphatic rings.